The summed E-state index contributed by atoms with van der Waals surface area (Å²) in [6.07, 6.45) is 0.419. The maximum atomic E-state index is 13.5. The van der Waals surface area contributed by atoms with Crippen LogP contribution in [0.15, 0.2) is 60.7 Å². The van der Waals surface area contributed by atoms with Gasteiger partial charge in [0.15, 0.2) is 0 Å². The number of halogens is 1. The number of methoxy groups -OCH3 is 1. The van der Waals surface area contributed by atoms with Gasteiger partial charge >= 0.3 is 0 Å². The second kappa shape index (κ2) is 10.1. The lowest BCUT2D eigenvalue weighted by molar-refractivity contribution is 0.0656. The molecule has 0 spiro atoms. The van der Waals surface area contributed by atoms with Crippen LogP contribution in [0.3, 0.4) is 0 Å². The first-order chi connectivity index (χ1) is 17.4. The highest BCUT2D eigenvalue weighted by Gasteiger charge is 2.38. The van der Waals surface area contributed by atoms with Crippen molar-refractivity contribution < 1.29 is 18.7 Å². The predicted octanol–water partition coefficient (Wildman–Crippen LogP) is 4.30. The van der Waals surface area contributed by atoms with Gasteiger partial charge in [-0.2, -0.15) is 0 Å². The molecule has 0 N–H and O–H groups in total. The molecule has 2 amide bonds. The first kappa shape index (κ1) is 24.0. The van der Waals surface area contributed by atoms with Crippen molar-refractivity contribution in [2.24, 2.45) is 0 Å². The zero-order valence-electron chi connectivity index (χ0n) is 20.7. The Balaban J connectivity index is 1.25. The van der Waals surface area contributed by atoms with Crippen molar-refractivity contribution in [3.05, 3.63) is 94.3 Å². The Bertz CT molecular complexity index is 1300. The molecular weight excluding hydrogens is 457 g/mol. The fraction of sp³-hybridized carbons (Fsp3) is 0.310. The molecule has 3 aromatic rings. The number of amides is 2. The van der Waals surface area contributed by atoms with Gasteiger partial charge in [-0.1, -0.05) is 30.3 Å². The van der Waals surface area contributed by atoms with Gasteiger partial charge in [0, 0.05) is 39.3 Å². The highest BCUT2D eigenvalue weighted by atomic mass is 19.1. The molecule has 0 unspecified atom stereocenters. The predicted molar refractivity (Wildman–Crippen MR) is 137 cm³/mol. The number of fused-ring (bicyclic) bond motifs is 1. The molecule has 0 bridgehead atoms. The van der Waals surface area contributed by atoms with Crippen LogP contribution in [0, 0.1) is 12.7 Å². The molecule has 0 atom stereocenters. The van der Waals surface area contributed by atoms with Crippen LogP contribution in [-0.4, -0.2) is 61.4 Å². The molecule has 2 heterocycles. The average Bonchev–Trinajstić information content (AvgIpc) is 3.13. The van der Waals surface area contributed by atoms with Crippen molar-refractivity contribution in [1.82, 2.24) is 9.80 Å². The molecule has 0 aromatic heterocycles. The average molecular weight is 488 g/mol. The van der Waals surface area contributed by atoms with Crippen LogP contribution in [0.1, 0.15) is 37.4 Å². The van der Waals surface area contributed by atoms with Crippen molar-refractivity contribution in [1.29, 1.82) is 0 Å². The highest BCUT2D eigenvalue weighted by Crippen LogP contribution is 2.32. The van der Waals surface area contributed by atoms with E-state index in [1.54, 1.807) is 25.3 Å². The second-order valence-electron chi connectivity index (χ2n) is 9.41. The van der Waals surface area contributed by atoms with Crippen molar-refractivity contribution in [2.75, 3.05) is 44.7 Å². The first-order valence-electron chi connectivity index (χ1n) is 12.3. The molecule has 1 saturated heterocycles. The van der Waals surface area contributed by atoms with E-state index in [1.165, 1.54) is 22.6 Å². The van der Waals surface area contributed by atoms with Gasteiger partial charge in [0.1, 0.15) is 11.6 Å². The SMILES string of the molecule is COc1ccc(CN2CCN(c3cccc4c3C(=O)N(CCc3cccc(F)c3)C4=O)CC2)cc1C. The van der Waals surface area contributed by atoms with Crippen LogP contribution < -0.4 is 9.64 Å². The Morgan fingerprint density at radius 2 is 1.67 bits per heavy atom. The van der Waals surface area contributed by atoms with Gasteiger partial charge in [-0.05, 0) is 60.4 Å². The molecule has 186 valence electrons. The number of aryl methyl sites for hydroxylation is 1. The minimum atomic E-state index is -0.321. The zero-order chi connectivity index (χ0) is 25.2. The molecule has 2 aliphatic heterocycles. The van der Waals surface area contributed by atoms with Gasteiger partial charge in [0.25, 0.3) is 11.8 Å². The number of carbonyl (C=O) groups excluding carboxylic acids is 2. The fourth-order valence-electron chi connectivity index (χ4n) is 5.16. The number of hydrogen-bond donors (Lipinski definition) is 0. The van der Waals surface area contributed by atoms with E-state index in [2.05, 4.69) is 28.9 Å². The van der Waals surface area contributed by atoms with Crippen molar-refractivity contribution in [3.63, 3.8) is 0 Å². The summed E-state index contributed by atoms with van der Waals surface area (Å²) in [5, 5.41) is 0. The fourth-order valence-corrected chi connectivity index (χ4v) is 5.16. The number of benzene rings is 3. The van der Waals surface area contributed by atoms with E-state index >= 15 is 0 Å². The molecule has 0 radical (unpaired) electrons. The van der Waals surface area contributed by atoms with Crippen LogP contribution in [0.2, 0.25) is 0 Å². The van der Waals surface area contributed by atoms with Crippen molar-refractivity contribution in [2.45, 2.75) is 19.9 Å². The smallest absolute Gasteiger partial charge is 0.263 e. The summed E-state index contributed by atoms with van der Waals surface area (Å²) in [6.45, 7) is 6.41. The van der Waals surface area contributed by atoms with Gasteiger partial charge in [0.2, 0.25) is 0 Å². The number of nitrogens with zero attached hydrogens (tertiary/aromatic N) is 3. The van der Waals surface area contributed by atoms with Crippen LogP contribution in [0.25, 0.3) is 0 Å². The van der Waals surface area contributed by atoms with Gasteiger partial charge in [-0.25, -0.2) is 4.39 Å². The molecule has 2 aliphatic rings. The van der Waals surface area contributed by atoms with E-state index in [-0.39, 0.29) is 24.2 Å². The second-order valence-corrected chi connectivity index (χ2v) is 9.41. The Hall–Kier alpha value is -3.71. The Labute approximate surface area is 210 Å². The molecule has 5 rings (SSSR count). The van der Waals surface area contributed by atoms with E-state index in [4.69, 9.17) is 4.74 Å². The Morgan fingerprint density at radius 1 is 0.889 bits per heavy atom. The number of ether oxygens (including phenoxy) is 1. The van der Waals surface area contributed by atoms with E-state index in [0.717, 1.165) is 55.3 Å². The van der Waals surface area contributed by atoms with Gasteiger partial charge in [-0.3, -0.25) is 19.4 Å². The van der Waals surface area contributed by atoms with Crippen molar-refractivity contribution in [3.8, 4) is 5.75 Å². The maximum Gasteiger partial charge on any atom is 0.263 e. The molecule has 1 fully saturated rings. The van der Waals surface area contributed by atoms with E-state index in [1.807, 2.05) is 18.2 Å². The van der Waals surface area contributed by atoms with Crippen LogP contribution in [0.4, 0.5) is 10.1 Å². The summed E-state index contributed by atoms with van der Waals surface area (Å²) in [4.78, 5) is 32.3. The van der Waals surface area contributed by atoms with E-state index in [0.29, 0.717) is 17.5 Å². The topological polar surface area (TPSA) is 53.1 Å². The molecule has 6 nitrogen and oxygen atoms in total. The Morgan fingerprint density at radius 3 is 2.39 bits per heavy atom. The third-order valence-corrected chi connectivity index (χ3v) is 7.07. The molecular formula is C29H30FN3O3. The van der Waals surface area contributed by atoms with Crippen LogP contribution >= 0.6 is 0 Å². The number of rotatable bonds is 7. The maximum absolute atomic E-state index is 13.5. The van der Waals surface area contributed by atoms with Gasteiger partial charge in [0.05, 0.1) is 23.9 Å². The first-order valence-corrected chi connectivity index (χ1v) is 12.3. The summed E-state index contributed by atoms with van der Waals surface area (Å²) in [7, 11) is 1.68. The summed E-state index contributed by atoms with van der Waals surface area (Å²) < 4.78 is 18.9. The molecule has 7 heteroatoms. The van der Waals surface area contributed by atoms with Gasteiger partial charge in [-0.15, -0.1) is 0 Å². The standard InChI is InChI=1S/C29H30FN3O3/c1-20-17-22(9-10-26(20)36-2)19-31-13-15-32(16-14-31)25-8-4-7-24-27(25)29(35)33(28(24)34)12-11-21-5-3-6-23(30)18-21/h3-10,17-18H,11-16,19H2,1-2H3. The van der Waals surface area contributed by atoms with E-state index < -0.39 is 0 Å². The summed E-state index contributed by atoms with van der Waals surface area (Å²) in [6, 6.07) is 18.1. The quantitative estimate of drug-likeness (QED) is 0.465. The molecule has 3 aromatic carbocycles. The third-order valence-electron chi connectivity index (χ3n) is 7.07. The Kier molecular flexibility index (Phi) is 6.74. The number of piperazine rings is 1. The highest BCUT2D eigenvalue weighted by molar-refractivity contribution is 6.23. The summed E-state index contributed by atoms with van der Waals surface area (Å²) in [5.74, 6) is 0.0315. The molecule has 36 heavy (non-hydrogen) atoms. The third kappa shape index (κ3) is 4.71. The lowest BCUT2D eigenvalue weighted by Crippen LogP contribution is -2.46. The van der Waals surface area contributed by atoms with E-state index in [9.17, 15) is 14.0 Å². The minimum absolute atomic E-state index is 0.226. The van der Waals surface area contributed by atoms with Crippen LogP contribution in [-0.2, 0) is 13.0 Å². The summed E-state index contributed by atoms with van der Waals surface area (Å²) in [5.41, 5.74) is 4.89. The van der Waals surface area contributed by atoms with Gasteiger partial charge < -0.3 is 9.64 Å². The lowest BCUT2D eigenvalue weighted by atomic mass is 10.1. The number of anilines is 1. The van der Waals surface area contributed by atoms with Crippen LogP contribution in [0.5, 0.6) is 5.75 Å². The number of imide groups is 1. The van der Waals surface area contributed by atoms with Crippen molar-refractivity contribution >= 4 is 17.5 Å². The number of hydrogen-bond acceptors (Lipinski definition) is 5. The molecule has 0 aliphatic carbocycles. The zero-order valence-corrected chi connectivity index (χ0v) is 20.7. The number of carbonyl (C=O) groups is 2. The summed E-state index contributed by atoms with van der Waals surface area (Å²) >= 11 is 0. The minimum Gasteiger partial charge on any atom is -0.496 e. The lowest BCUT2D eigenvalue weighted by Gasteiger charge is -2.36. The molecule has 0 saturated carbocycles. The normalized spacial score (nSPS) is 16.0. The largest absolute Gasteiger partial charge is 0.496 e. The monoisotopic (exact) mass is 487 g/mol.